The molecule has 1 amide bonds. The molecule has 3 aromatic rings. The van der Waals surface area contributed by atoms with Gasteiger partial charge in [-0.3, -0.25) is 4.79 Å². The number of aliphatic imine (C=N–C) groups is 1. The van der Waals surface area contributed by atoms with Gasteiger partial charge < -0.3 is 11.5 Å². The van der Waals surface area contributed by atoms with Crippen molar-refractivity contribution in [2.24, 2.45) is 16.5 Å². The number of carbonyl (C=O) groups is 1. The molecule has 0 saturated carbocycles. The number of guanidine groups is 1. The molecule has 1 heterocycles. The normalized spacial score (nSPS) is 11.9. The average Bonchev–Trinajstić information content (AvgIpc) is 2.65. The van der Waals surface area contributed by atoms with Crippen molar-refractivity contribution >= 4 is 22.8 Å². The third-order valence-electron chi connectivity index (χ3n) is 4.53. The Morgan fingerprint density at radius 3 is 2.38 bits per heavy atom. The average molecular weight is 346 g/mol. The maximum Gasteiger partial charge on any atom is 0.281 e. The Bertz CT molecular complexity index is 976. The molecule has 1 aromatic heterocycles. The second-order valence-corrected chi connectivity index (χ2v) is 6.28. The van der Waals surface area contributed by atoms with Crippen LogP contribution >= 0.6 is 0 Å². The van der Waals surface area contributed by atoms with Gasteiger partial charge in [0.15, 0.2) is 5.96 Å². The third kappa shape index (κ3) is 3.28. The van der Waals surface area contributed by atoms with Crippen LogP contribution in [0.4, 0.5) is 0 Å². The van der Waals surface area contributed by atoms with Crippen LogP contribution in [0.25, 0.3) is 22.2 Å². The second-order valence-electron chi connectivity index (χ2n) is 6.28. The minimum absolute atomic E-state index is 0.121. The molecule has 2 aromatic carbocycles. The van der Waals surface area contributed by atoms with Crippen molar-refractivity contribution in [2.75, 3.05) is 0 Å². The lowest BCUT2D eigenvalue weighted by Gasteiger charge is -2.20. The number of rotatable bonds is 4. The van der Waals surface area contributed by atoms with Gasteiger partial charge in [0.1, 0.15) is 0 Å². The monoisotopic (exact) mass is 346 g/mol. The van der Waals surface area contributed by atoms with Crippen LogP contribution in [0.1, 0.15) is 42.1 Å². The highest BCUT2D eigenvalue weighted by atomic mass is 16.1. The fourth-order valence-electron chi connectivity index (χ4n) is 3.13. The molecule has 0 spiro atoms. The van der Waals surface area contributed by atoms with E-state index in [1.807, 2.05) is 54.6 Å². The second kappa shape index (κ2) is 7.35. The molecule has 0 aliphatic rings. The van der Waals surface area contributed by atoms with Gasteiger partial charge in [-0.05, 0) is 24.0 Å². The van der Waals surface area contributed by atoms with Crippen molar-refractivity contribution in [1.29, 1.82) is 0 Å². The van der Waals surface area contributed by atoms with Crippen LogP contribution in [0.15, 0.2) is 59.6 Å². The fraction of sp³-hybridized carbons (Fsp3) is 0.190. The SMILES string of the molecule is CCC(C)c1c(-c2ccccc2)nc2ccccc2c1C(=O)N=C(N)N. The van der Waals surface area contributed by atoms with E-state index in [0.717, 1.165) is 34.1 Å². The third-order valence-corrected chi connectivity index (χ3v) is 4.53. The summed E-state index contributed by atoms with van der Waals surface area (Å²) in [5.41, 5.74) is 14.9. The summed E-state index contributed by atoms with van der Waals surface area (Å²) in [4.78, 5) is 21.6. The molecule has 0 aliphatic heterocycles. The lowest BCUT2D eigenvalue weighted by molar-refractivity contribution is 0.100. The molecule has 26 heavy (non-hydrogen) atoms. The number of hydrogen-bond donors (Lipinski definition) is 2. The standard InChI is InChI=1S/C21H22N4O/c1-3-13(2)17-18(20(26)25-21(22)23)15-11-7-8-12-16(15)24-19(17)14-9-5-4-6-10-14/h4-13H,3H2,1-2H3,(H4,22,23,25,26). The van der Waals surface area contributed by atoms with Crippen LogP contribution < -0.4 is 11.5 Å². The van der Waals surface area contributed by atoms with Crippen LogP contribution in [-0.2, 0) is 0 Å². The van der Waals surface area contributed by atoms with Gasteiger partial charge in [0.05, 0.1) is 16.8 Å². The van der Waals surface area contributed by atoms with Crippen LogP contribution in [0.5, 0.6) is 0 Å². The van der Waals surface area contributed by atoms with Gasteiger partial charge in [-0.15, -0.1) is 0 Å². The summed E-state index contributed by atoms with van der Waals surface area (Å²) in [6, 6.07) is 17.5. The molecular formula is C21H22N4O. The van der Waals surface area contributed by atoms with E-state index in [1.165, 1.54) is 0 Å². The van der Waals surface area contributed by atoms with E-state index in [-0.39, 0.29) is 11.9 Å². The van der Waals surface area contributed by atoms with Crippen molar-refractivity contribution in [3.63, 3.8) is 0 Å². The largest absolute Gasteiger partial charge is 0.370 e. The number of pyridine rings is 1. The summed E-state index contributed by atoms with van der Waals surface area (Å²) >= 11 is 0. The molecule has 3 rings (SSSR count). The van der Waals surface area contributed by atoms with E-state index in [2.05, 4.69) is 18.8 Å². The Kier molecular flexibility index (Phi) is 4.98. The molecule has 0 saturated heterocycles. The van der Waals surface area contributed by atoms with E-state index in [4.69, 9.17) is 16.5 Å². The Morgan fingerprint density at radius 2 is 1.73 bits per heavy atom. The minimum Gasteiger partial charge on any atom is -0.370 e. The van der Waals surface area contributed by atoms with E-state index < -0.39 is 5.91 Å². The lowest BCUT2D eigenvalue weighted by atomic mass is 9.87. The van der Waals surface area contributed by atoms with Gasteiger partial charge in [0.2, 0.25) is 0 Å². The van der Waals surface area contributed by atoms with E-state index in [9.17, 15) is 4.79 Å². The zero-order chi connectivity index (χ0) is 18.7. The van der Waals surface area contributed by atoms with E-state index in [0.29, 0.717) is 5.56 Å². The number of nitrogens with zero attached hydrogens (tertiary/aromatic N) is 2. The first kappa shape index (κ1) is 17.6. The highest BCUT2D eigenvalue weighted by molar-refractivity contribution is 6.12. The first-order valence-corrected chi connectivity index (χ1v) is 8.65. The molecule has 0 fully saturated rings. The number of carbonyl (C=O) groups excluding carboxylic acids is 1. The van der Waals surface area contributed by atoms with Crippen LogP contribution in [-0.4, -0.2) is 16.9 Å². The van der Waals surface area contributed by atoms with Gasteiger partial charge in [-0.1, -0.05) is 62.4 Å². The Morgan fingerprint density at radius 1 is 1.08 bits per heavy atom. The smallest absolute Gasteiger partial charge is 0.281 e. The number of nitrogens with two attached hydrogens (primary N) is 2. The molecule has 0 radical (unpaired) electrons. The highest BCUT2D eigenvalue weighted by Crippen LogP contribution is 2.36. The van der Waals surface area contributed by atoms with E-state index >= 15 is 0 Å². The Hall–Kier alpha value is -3.21. The predicted octanol–water partition coefficient (Wildman–Crippen LogP) is 3.83. The molecule has 1 unspecified atom stereocenters. The number of benzene rings is 2. The molecular weight excluding hydrogens is 324 g/mol. The number of aromatic nitrogens is 1. The summed E-state index contributed by atoms with van der Waals surface area (Å²) in [5, 5.41) is 0.762. The summed E-state index contributed by atoms with van der Waals surface area (Å²) < 4.78 is 0. The first-order valence-electron chi connectivity index (χ1n) is 8.65. The molecule has 5 nitrogen and oxygen atoms in total. The highest BCUT2D eigenvalue weighted by Gasteiger charge is 2.24. The van der Waals surface area contributed by atoms with Gasteiger partial charge >= 0.3 is 0 Å². The molecule has 0 aliphatic carbocycles. The quantitative estimate of drug-likeness (QED) is 0.554. The van der Waals surface area contributed by atoms with Crippen LogP contribution in [0, 0.1) is 0 Å². The zero-order valence-electron chi connectivity index (χ0n) is 14.9. The molecule has 5 heteroatoms. The van der Waals surface area contributed by atoms with Crippen molar-refractivity contribution in [1.82, 2.24) is 4.98 Å². The zero-order valence-corrected chi connectivity index (χ0v) is 14.9. The minimum atomic E-state index is -0.434. The van der Waals surface area contributed by atoms with E-state index in [1.54, 1.807) is 0 Å². The predicted molar refractivity (Wildman–Crippen MR) is 106 cm³/mol. The summed E-state index contributed by atoms with van der Waals surface area (Å²) in [6.07, 6.45) is 0.863. The van der Waals surface area contributed by atoms with Gasteiger partial charge in [0, 0.05) is 10.9 Å². The summed E-state index contributed by atoms with van der Waals surface area (Å²) in [6.45, 7) is 4.17. The van der Waals surface area contributed by atoms with Gasteiger partial charge in [-0.2, -0.15) is 4.99 Å². The van der Waals surface area contributed by atoms with Gasteiger partial charge in [-0.25, -0.2) is 4.98 Å². The lowest BCUT2D eigenvalue weighted by Crippen LogP contribution is -2.24. The topological polar surface area (TPSA) is 94.4 Å². The number of hydrogen-bond acceptors (Lipinski definition) is 2. The van der Waals surface area contributed by atoms with Crippen LogP contribution in [0.3, 0.4) is 0 Å². The van der Waals surface area contributed by atoms with Crippen molar-refractivity contribution < 1.29 is 4.79 Å². The maximum atomic E-state index is 12.9. The molecule has 1 atom stereocenters. The Labute approximate surface area is 152 Å². The molecule has 132 valence electrons. The van der Waals surface area contributed by atoms with Crippen molar-refractivity contribution in [2.45, 2.75) is 26.2 Å². The number of amides is 1. The first-order chi connectivity index (χ1) is 12.5. The number of fused-ring (bicyclic) bond motifs is 1. The van der Waals surface area contributed by atoms with Crippen LogP contribution in [0.2, 0.25) is 0 Å². The molecule has 0 bridgehead atoms. The number of para-hydroxylation sites is 1. The fourth-order valence-corrected chi connectivity index (χ4v) is 3.13. The molecule has 4 N–H and O–H groups in total. The summed E-state index contributed by atoms with van der Waals surface area (Å²) in [7, 11) is 0. The Balaban J connectivity index is 2.44. The summed E-state index contributed by atoms with van der Waals surface area (Å²) in [5.74, 6) is -0.557. The maximum absolute atomic E-state index is 12.9. The van der Waals surface area contributed by atoms with Gasteiger partial charge in [0.25, 0.3) is 5.91 Å². The van der Waals surface area contributed by atoms with Crippen molar-refractivity contribution in [3.05, 3.63) is 65.7 Å². The van der Waals surface area contributed by atoms with Crippen molar-refractivity contribution in [3.8, 4) is 11.3 Å².